The van der Waals surface area contributed by atoms with Gasteiger partial charge in [0.2, 0.25) is 0 Å². The van der Waals surface area contributed by atoms with Gasteiger partial charge < -0.3 is 10.6 Å². The Bertz CT molecular complexity index is 412. The zero-order valence-electron chi connectivity index (χ0n) is 8.17. The molecule has 0 atom stereocenters. The normalized spacial score (nSPS) is 9.13. The molecule has 0 spiro atoms. The van der Waals surface area contributed by atoms with Crippen molar-refractivity contribution in [3.8, 4) is 6.07 Å². The predicted molar refractivity (Wildman–Crippen MR) is 61.6 cm³/mol. The van der Waals surface area contributed by atoms with E-state index < -0.39 is 0 Å². The van der Waals surface area contributed by atoms with Crippen LogP contribution in [0.4, 0.5) is 10.5 Å². The molecule has 0 heterocycles. The lowest BCUT2D eigenvalue weighted by Gasteiger charge is -2.07. The summed E-state index contributed by atoms with van der Waals surface area (Å²) >= 11 is 3.25. The first-order chi connectivity index (χ1) is 7.17. The molecular weight excluding hydrogens is 258 g/mol. The van der Waals surface area contributed by atoms with Crippen molar-refractivity contribution >= 4 is 27.6 Å². The summed E-state index contributed by atoms with van der Waals surface area (Å²) in [5, 5.41) is 14.0. The molecule has 78 valence electrons. The third kappa shape index (κ3) is 3.26. The molecule has 1 rings (SSSR count). The molecule has 0 radical (unpaired) electrons. The molecule has 4 nitrogen and oxygen atoms in total. The molecule has 1 aromatic carbocycles. The zero-order valence-corrected chi connectivity index (χ0v) is 9.76. The summed E-state index contributed by atoms with van der Waals surface area (Å²) in [4.78, 5) is 11.2. The number of benzene rings is 1. The summed E-state index contributed by atoms with van der Waals surface area (Å²) in [7, 11) is 0. The molecule has 0 saturated heterocycles. The van der Waals surface area contributed by atoms with Crippen molar-refractivity contribution in [3.63, 3.8) is 0 Å². The van der Waals surface area contributed by atoms with E-state index in [9.17, 15) is 4.79 Å². The number of rotatable bonds is 2. The Kier molecular flexibility index (Phi) is 4.13. The van der Waals surface area contributed by atoms with Crippen LogP contribution in [0.3, 0.4) is 0 Å². The maximum atomic E-state index is 11.2. The maximum Gasteiger partial charge on any atom is 0.319 e. The molecule has 0 bridgehead atoms. The van der Waals surface area contributed by atoms with Gasteiger partial charge in [-0.25, -0.2) is 4.79 Å². The van der Waals surface area contributed by atoms with Crippen LogP contribution in [0.25, 0.3) is 0 Å². The van der Waals surface area contributed by atoms with Crippen LogP contribution < -0.4 is 10.6 Å². The average Bonchev–Trinajstić information content (AvgIpc) is 2.21. The summed E-state index contributed by atoms with van der Waals surface area (Å²) in [6.45, 7) is 2.37. The van der Waals surface area contributed by atoms with Gasteiger partial charge in [-0.05, 0) is 25.1 Å². The number of hydrogen-bond donors (Lipinski definition) is 2. The maximum absolute atomic E-state index is 11.2. The minimum Gasteiger partial charge on any atom is -0.338 e. The third-order valence-corrected chi connectivity index (χ3v) is 2.18. The molecule has 0 aliphatic rings. The van der Waals surface area contributed by atoms with Crippen LogP contribution in [0.1, 0.15) is 12.5 Å². The second-order valence-corrected chi connectivity index (χ2v) is 3.70. The molecule has 0 saturated carbocycles. The number of urea groups is 1. The Labute approximate surface area is 96.4 Å². The minimum atomic E-state index is -0.309. The molecule has 0 aliphatic heterocycles. The lowest BCUT2D eigenvalue weighted by Crippen LogP contribution is -2.28. The first kappa shape index (κ1) is 11.5. The number of carbonyl (C=O) groups excluding carboxylic acids is 1. The second kappa shape index (κ2) is 5.37. The monoisotopic (exact) mass is 267 g/mol. The number of nitriles is 1. The van der Waals surface area contributed by atoms with Crippen LogP contribution in [-0.4, -0.2) is 12.6 Å². The number of amides is 2. The topological polar surface area (TPSA) is 64.9 Å². The summed E-state index contributed by atoms with van der Waals surface area (Å²) < 4.78 is 0.806. The first-order valence-electron chi connectivity index (χ1n) is 4.42. The summed E-state index contributed by atoms with van der Waals surface area (Å²) in [6.07, 6.45) is 0. The number of carbonyl (C=O) groups is 1. The van der Waals surface area contributed by atoms with Gasteiger partial charge in [-0.2, -0.15) is 5.26 Å². The largest absolute Gasteiger partial charge is 0.338 e. The van der Waals surface area contributed by atoms with Crippen LogP contribution in [0, 0.1) is 11.3 Å². The lowest BCUT2D eigenvalue weighted by molar-refractivity contribution is 0.252. The van der Waals surface area contributed by atoms with Crippen molar-refractivity contribution in [2.24, 2.45) is 0 Å². The van der Waals surface area contributed by atoms with Gasteiger partial charge in [0, 0.05) is 11.0 Å². The van der Waals surface area contributed by atoms with Gasteiger partial charge in [-0.1, -0.05) is 15.9 Å². The summed E-state index contributed by atoms with van der Waals surface area (Å²) in [5.74, 6) is 0. The van der Waals surface area contributed by atoms with Crippen molar-refractivity contribution in [1.82, 2.24) is 5.32 Å². The fourth-order valence-corrected chi connectivity index (χ4v) is 1.41. The van der Waals surface area contributed by atoms with E-state index in [0.29, 0.717) is 17.8 Å². The molecule has 0 aromatic heterocycles. The van der Waals surface area contributed by atoms with Crippen molar-refractivity contribution in [3.05, 3.63) is 28.2 Å². The Hall–Kier alpha value is -1.54. The second-order valence-electron chi connectivity index (χ2n) is 2.79. The van der Waals surface area contributed by atoms with E-state index >= 15 is 0 Å². The van der Waals surface area contributed by atoms with E-state index in [2.05, 4.69) is 26.6 Å². The first-order valence-corrected chi connectivity index (χ1v) is 5.21. The lowest BCUT2D eigenvalue weighted by atomic mass is 10.2. The average molecular weight is 268 g/mol. The van der Waals surface area contributed by atoms with Gasteiger partial charge >= 0.3 is 6.03 Å². The minimum absolute atomic E-state index is 0.309. The van der Waals surface area contributed by atoms with Gasteiger partial charge in [-0.3, -0.25) is 0 Å². The Balaban J connectivity index is 2.86. The van der Waals surface area contributed by atoms with Crippen LogP contribution >= 0.6 is 15.9 Å². The highest BCUT2D eigenvalue weighted by molar-refractivity contribution is 9.10. The molecular formula is C10H10BrN3O. The summed E-state index contributed by atoms with van der Waals surface area (Å²) in [5.41, 5.74) is 0.933. The van der Waals surface area contributed by atoms with Crippen molar-refractivity contribution in [2.75, 3.05) is 11.9 Å². The quantitative estimate of drug-likeness (QED) is 0.865. The molecule has 0 fully saturated rings. The Morgan fingerprint density at radius 3 is 2.93 bits per heavy atom. The van der Waals surface area contributed by atoms with Gasteiger partial charge in [0.25, 0.3) is 0 Å². The molecule has 15 heavy (non-hydrogen) atoms. The predicted octanol–water partition coefficient (Wildman–Crippen LogP) is 2.46. The number of anilines is 1. The molecule has 1 aromatic rings. The highest BCUT2D eigenvalue weighted by atomic mass is 79.9. The van der Waals surface area contributed by atoms with Crippen molar-refractivity contribution in [1.29, 1.82) is 5.26 Å². The smallest absolute Gasteiger partial charge is 0.319 e. The molecule has 0 unspecified atom stereocenters. The number of nitrogens with zero attached hydrogens (tertiary/aromatic N) is 1. The molecule has 2 N–H and O–H groups in total. The van der Waals surface area contributed by atoms with Crippen LogP contribution in [0.5, 0.6) is 0 Å². The van der Waals surface area contributed by atoms with Gasteiger partial charge in [-0.15, -0.1) is 0 Å². The summed E-state index contributed by atoms with van der Waals surface area (Å²) in [6, 6.07) is 6.80. The molecule has 0 aliphatic carbocycles. The third-order valence-electron chi connectivity index (χ3n) is 1.69. The van der Waals surface area contributed by atoms with Gasteiger partial charge in [0.15, 0.2) is 0 Å². The highest BCUT2D eigenvalue weighted by Crippen LogP contribution is 2.19. The highest BCUT2D eigenvalue weighted by Gasteiger charge is 2.05. The van der Waals surface area contributed by atoms with E-state index in [-0.39, 0.29) is 6.03 Å². The van der Waals surface area contributed by atoms with E-state index in [4.69, 9.17) is 5.26 Å². The van der Waals surface area contributed by atoms with E-state index in [1.54, 1.807) is 18.2 Å². The number of nitrogens with one attached hydrogen (secondary N) is 2. The van der Waals surface area contributed by atoms with Crippen LogP contribution in [-0.2, 0) is 0 Å². The SMILES string of the molecule is CCNC(=O)Nc1ccc(Br)cc1C#N. The molecule has 5 heteroatoms. The van der Waals surface area contributed by atoms with E-state index in [0.717, 1.165) is 4.47 Å². The standard InChI is InChI=1S/C10H10BrN3O/c1-2-13-10(15)14-9-4-3-8(11)5-7(9)6-12/h3-5H,2H2,1H3,(H2,13,14,15). The molecule has 2 amide bonds. The number of halogens is 1. The fourth-order valence-electron chi connectivity index (χ4n) is 1.05. The van der Waals surface area contributed by atoms with Gasteiger partial charge in [0.1, 0.15) is 6.07 Å². The van der Waals surface area contributed by atoms with E-state index in [1.807, 2.05) is 13.0 Å². The number of hydrogen-bond acceptors (Lipinski definition) is 2. The van der Waals surface area contributed by atoms with Gasteiger partial charge in [0.05, 0.1) is 11.3 Å². The van der Waals surface area contributed by atoms with Crippen molar-refractivity contribution < 1.29 is 4.79 Å². The van der Waals surface area contributed by atoms with Crippen molar-refractivity contribution in [2.45, 2.75) is 6.92 Å². The Morgan fingerprint density at radius 2 is 2.33 bits per heavy atom. The Morgan fingerprint density at radius 1 is 1.60 bits per heavy atom. The van der Waals surface area contributed by atoms with E-state index in [1.165, 1.54) is 0 Å². The van der Waals surface area contributed by atoms with Crippen LogP contribution in [0.2, 0.25) is 0 Å². The van der Waals surface area contributed by atoms with Crippen LogP contribution in [0.15, 0.2) is 22.7 Å². The fraction of sp³-hybridized carbons (Fsp3) is 0.200. The zero-order chi connectivity index (χ0) is 11.3.